The number of aliphatic imine (C=N–C) groups is 1. The summed E-state index contributed by atoms with van der Waals surface area (Å²) in [5, 5.41) is 4.63. The van der Waals surface area contributed by atoms with Crippen molar-refractivity contribution in [3.8, 4) is 0 Å². The summed E-state index contributed by atoms with van der Waals surface area (Å²) in [6, 6.07) is 6.28. The standard InChI is InChI=1S/C15H19Cl2N3.HI/c16-10-2-5-12(13(17)8-10)15(6-1-7-15)9-19-14(18)20-11-3-4-11;/h2,5,8,11H,1,3-4,6-7,9H2,(H3,18,19,20);1H. The molecule has 2 aliphatic carbocycles. The Morgan fingerprint density at radius 3 is 2.57 bits per heavy atom. The Morgan fingerprint density at radius 1 is 1.33 bits per heavy atom. The minimum absolute atomic E-state index is 0. The molecule has 3 rings (SSSR count). The van der Waals surface area contributed by atoms with E-state index >= 15 is 0 Å². The minimum Gasteiger partial charge on any atom is -0.370 e. The van der Waals surface area contributed by atoms with Crippen molar-refractivity contribution in [3.05, 3.63) is 33.8 Å². The first-order valence-corrected chi connectivity index (χ1v) is 7.87. The summed E-state index contributed by atoms with van der Waals surface area (Å²) < 4.78 is 0. The highest BCUT2D eigenvalue weighted by molar-refractivity contribution is 14.0. The summed E-state index contributed by atoms with van der Waals surface area (Å²) in [5.74, 6) is 0.559. The first-order valence-electron chi connectivity index (χ1n) is 7.11. The van der Waals surface area contributed by atoms with Crippen molar-refractivity contribution in [3.63, 3.8) is 0 Å². The van der Waals surface area contributed by atoms with Gasteiger partial charge in [-0.15, -0.1) is 24.0 Å². The van der Waals surface area contributed by atoms with E-state index in [0.717, 1.165) is 23.4 Å². The van der Waals surface area contributed by atoms with Crippen molar-refractivity contribution in [2.45, 2.75) is 43.6 Å². The maximum atomic E-state index is 6.36. The molecule has 0 saturated heterocycles. The van der Waals surface area contributed by atoms with Crippen LogP contribution in [0.25, 0.3) is 0 Å². The largest absolute Gasteiger partial charge is 0.370 e. The normalized spacial score (nSPS) is 20.4. The lowest BCUT2D eigenvalue weighted by Crippen LogP contribution is -2.40. The third kappa shape index (κ3) is 3.96. The molecule has 0 heterocycles. The van der Waals surface area contributed by atoms with Gasteiger partial charge in [-0.1, -0.05) is 35.7 Å². The molecule has 21 heavy (non-hydrogen) atoms. The maximum absolute atomic E-state index is 6.36. The van der Waals surface area contributed by atoms with Crippen LogP contribution in [0.3, 0.4) is 0 Å². The average molecular weight is 440 g/mol. The van der Waals surface area contributed by atoms with Gasteiger partial charge >= 0.3 is 0 Å². The predicted octanol–water partition coefficient (Wildman–Crippen LogP) is 4.10. The van der Waals surface area contributed by atoms with E-state index in [1.807, 2.05) is 18.2 Å². The number of nitrogens with two attached hydrogens (primary N) is 1. The Balaban J connectivity index is 0.00000161. The Morgan fingerprint density at radius 2 is 2.05 bits per heavy atom. The van der Waals surface area contributed by atoms with Crippen LogP contribution in [0.1, 0.15) is 37.7 Å². The fourth-order valence-electron chi connectivity index (χ4n) is 2.75. The number of guanidine groups is 1. The number of nitrogens with one attached hydrogen (secondary N) is 1. The Kier molecular flexibility index (Phi) is 5.65. The molecule has 0 radical (unpaired) electrons. The SMILES string of the molecule is I.NC(=NCC1(c2ccc(Cl)cc2Cl)CCC1)NC1CC1. The number of rotatable bonds is 4. The van der Waals surface area contributed by atoms with E-state index < -0.39 is 0 Å². The maximum Gasteiger partial charge on any atom is 0.188 e. The van der Waals surface area contributed by atoms with Crippen molar-refractivity contribution < 1.29 is 0 Å². The van der Waals surface area contributed by atoms with Crippen molar-refractivity contribution in [1.29, 1.82) is 0 Å². The summed E-state index contributed by atoms with van der Waals surface area (Å²) in [6.45, 7) is 0.694. The topological polar surface area (TPSA) is 50.4 Å². The van der Waals surface area contributed by atoms with Gasteiger partial charge in [-0.25, -0.2) is 0 Å². The zero-order valence-corrected chi connectivity index (χ0v) is 15.6. The molecule has 0 atom stereocenters. The van der Waals surface area contributed by atoms with Crippen LogP contribution >= 0.6 is 47.2 Å². The van der Waals surface area contributed by atoms with Crippen LogP contribution in [0.15, 0.2) is 23.2 Å². The van der Waals surface area contributed by atoms with E-state index in [-0.39, 0.29) is 29.4 Å². The minimum atomic E-state index is 0. The van der Waals surface area contributed by atoms with E-state index in [1.165, 1.54) is 19.3 Å². The van der Waals surface area contributed by atoms with Gasteiger partial charge in [0.15, 0.2) is 5.96 Å². The summed E-state index contributed by atoms with van der Waals surface area (Å²) in [4.78, 5) is 4.53. The van der Waals surface area contributed by atoms with Crippen LogP contribution in [0.4, 0.5) is 0 Å². The Bertz CT molecular complexity index is 540. The molecule has 3 N–H and O–H groups in total. The second-order valence-corrected chi connectivity index (χ2v) is 6.72. The van der Waals surface area contributed by atoms with E-state index in [2.05, 4.69) is 10.3 Å². The number of hydrogen-bond acceptors (Lipinski definition) is 1. The molecule has 0 aromatic heterocycles. The third-order valence-electron chi connectivity index (χ3n) is 4.29. The van der Waals surface area contributed by atoms with Crippen molar-refractivity contribution >= 4 is 53.1 Å². The van der Waals surface area contributed by atoms with Crippen molar-refractivity contribution in [1.82, 2.24) is 5.32 Å². The number of nitrogens with zero attached hydrogens (tertiary/aromatic N) is 1. The molecule has 0 aliphatic heterocycles. The molecule has 1 aromatic carbocycles. The molecule has 2 saturated carbocycles. The number of hydrogen-bond donors (Lipinski definition) is 2. The predicted molar refractivity (Wildman–Crippen MR) is 100 cm³/mol. The molecule has 6 heteroatoms. The molecular weight excluding hydrogens is 420 g/mol. The van der Waals surface area contributed by atoms with E-state index in [1.54, 1.807) is 0 Å². The lowest BCUT2D eigenvalue weighted by atomic mass is 9.64. The number of benzene rings is 1. The molecule has 116 valence electrons. The van der Waals surface area contributed by atoms with E-state index in [9.17, 15) is 0 Å². The smallest absolute Gasteiger partial charge is 0.188 e. The Hall–Kier alpha value is -0.200. The van der Waals surface area contributed by atoms with Crippen LogP contribution in [0.5, 0.6) is 0 Å². The zero-order chi connectivity index (χ0) is 14.2. The van der Waals surface area contributed by atoms with E-state index in [0.29, 0.717) is 23.6 Å². The molecule has 2 aliphatic rings. The summed E-state index contributed by atoms with van der Waals surface area (Å²) >= 11 is 12.3. The van der Waals surface area contributed by atoms with Gasteiger partial charge in [-0.3, -0.25) is 4.99 Å². The summed E-state index contributed by atoms with van der Waals surface area (Å²) in [6.07, 6.45) is 5.82. The van der Waals surface area contributed by atoms with Gasteiger partial charge in [0, 0.05) is 21.5 Å². The molecule has 0 bridgehead atoms. The second-order valence-electron chi connectivity index (χ2n) is 5.88. The van der Waals surface area contributed by atoms with Crippen LogP contribution in [-0.2, 0) is 5.41 Å². The van der Waals surface area contributed by atoms with Gasteiger partial charge in [0.25, 0.3) is 0 Å². The molecule has 0 spiro atoms. The molecule has 2 fully saturated rings. The number of halogens is 3. The fraction of sp³-hybridized carbons (Fsp3) is 0.533. The van der Waals surface area contributed by atoms with Gasteiger partial charge < -0.3 is 11.1 Å². The average Bonchev–Trinajstić information content (AvgIpc) is 3.13. The zero-order valence-electron chi connectivity index (χ0n) is 11.7. The first-order chi connectivity index (χ1) is 9.59. The van der Waals surface area contributed by atoms with Gasteiger partial charge in [0.1, 0.15) is 0 Å². The van der Waals surface area contributed by atoms with Crippen LogP contribution in [-0.4, -0.2) is 18.5 Å². The van der Waals surface area contributed by atoms with Gasteiger partial charge in [-0.2, -0.15) is 0 Å². The monoisotopic (exact) mass is 439 g/mol. The lowest BCUT2D eigenvalue weighted by Gasteiger charge is -2.42. The van der Waals surface area contributed by atoms with Gasteiger partial charge in [0.2, 0.25) is 0 Å². The molecule has 1 aromatic rings. The van der Waals surface area contributed by atoms with Gasteiger partial charge in [0.05, 0.1) is 6.54 Å². The Labute approximate surface area is 152 Å². The van der Waals surface area contributed by atoms with Crippen LogP contribution < -0.4 is 11.1 Å². The van der Waals surface area contributed by atoms with Crippen molar-refractivity contribution in [2.75, 3.05) is 6.54 Å². The lowest BCUT2D eigenvalue weighted by molar-refractivity contribution is 0.253. The van der Waals surface area contributed by atoms with Crippen LogP contribution in [0, 0.1) is 0 Å². The first kappa shape index (κ1) is 17.2. The highest BCUT2D eigenvalue weighted by Crippen LogP contribution is 2.46. The van der Waals surface area contributed by atoms with E-state index in [4.69, 9.17) is 28.9 Å². The summed E-state index contributed by atoms with van der Waals surface area (Å²) in [5.41, 5.74) is 7.12. The van der Waals surface area contributed by atoms with Crippen LogP contribution in [0.2, 0.25) is 10.0 Å². The highest BCUT2D eigenvalue weighted by atomic mass is 127. The summed E-state index contributed by atoms with van der Waals surface area (Å²) in [7, 11) is 0. The second kappa shape index (κ2) is 6.92. The molecule has 0 unspecified atom stereocenters. The quantitative estimate of drug-likeness (QED) is 0.421. The van der Waals surface area contributed by atoms with Crippen molar-refractivity contribution in [2.24, 2.45) is 10.7 Å². The third-order valence-corrected chi connectivity index (χ3v) is 4.84. The molecule has 3 nitrogen and oxygen atoms in total. The highest BCUT2D eigenvalue weighted by Gasteiger charge is 2.40. The fourth-order valence-corrected chi connectivity index (χ4v) is 3.36. The van der Waals surface area contributed by atoms with Gasteiger partial charge in [-0.05, 0) is 43.4 Å². The molecule has 0 amide bonds. The molecular formula is C15H20Cl2IN3.